The van der Waals surface area contributed by atoms with Crippen molar-refractivity contribution in [2.24, 2.45) is 11.5 Å². The van der Waals surface area contributed by atoms with Crippen molar-refractivity contribution in [2.75, 3.05) is 13.1 Å². The Morgan fingerprint density at radius 1 is 1.45 bits per heavy atom. The number of carbonyl (C=O) groups is 1. The van der Waals surface area contributed by atoms with Crippen molar-refractivity contribution in [3.63, 3.8) is 0 Å². The third-order valence-electron chi connectivity index (χ3n) is 0.826. The molecule has 0 aromatic carbocycles. The Morgan fingerprint density at radius 2 is 2.09 bits per heavy atom. The lowest BCUT2D eigenvalue weighted by Gasteiger charge is -1.72. The average Bonchev–Trinajstić information content (AvgIpc) is 2.56. The molecule has 0 aliphatic rings. The minimum atomic E-state index is 0.597. The Bertz CT molecular complexity index is 173. The second-order valence-electron chi connectivity index (χ2n) is 1.71. The average molecular weight is 172 g/mol. The third kappa shape index (κ3) is 5.72. The van der Waals surface area contributed by atoms with Crippen LogP contribution in [-0.2, 0) is 0 Å². The largest absolute Gasteiger partial charge is 0.329 e. The Balaban J connectivity index is 0.000000218. The van der Waals surface area contributed by atoms with E-state index in [4.69, 9.17) is 11.5 Å². The number of thiophene rings is 1. The van der Waals surface area contributed by atoms with Gasteiger partial charge in [0.25, 0.3) is 0 Å². The maximum Gasteiger partial charge on any atom is 0.159 e. The van der Waals surface area contributed by atoms with Gasteiger partial charge in [0.1, 0.15) is 0 Å². The number of nitrogens with two attached hydrogens (primary N) is 2. The molecule has 0 saturated heterocycles. The van der Waals surface area contributed by atoms with Crippen LogP contribution in [0.25, 0.3) is 0 Å². The molecule has 1 rings (SSSR count). The van der Waals surface area contributed by atoms with Gasteiger partial charge in [-0.3, -0.25) is 4.79 Å². The first kappa shape index (κ1) is 10.3. The first-order chi connectivity index (χ1) is 5.35. The Hall–Kier alpha value is -0.710. The van der Waals surface area contributed by atoms with Gasteiger partial charge < -0.3 is 11.5 Å². The lowest BCUT2D eigenvalue weighted by Crippen LogP contribution is -2.11. The van der Waals surface area contributed by atoms with Crippen molar-refractivity contribution in [3.05, 3.63) is 22.4 Å². The Kier molecular flexibility index (Phi) is 6.92. The van der Waals surface area contributed by atoms with Crippen LogP contribution in [0.4, 0.5) is 0 Å². The van der Waals surface area contributed by atoms with Crippen LogP contribution in [0.2, 0.25) is 0 Å². The van der Waals surface area contributed by atoms with Crippen LogP contribution < -0.4 is 11.5 Å². The molecule has 0 spiro atoms. The summed E-state index contributed by atoms with van der Waals surface area (Å²) in [5, 5.41) is 1.88. The molecule has 0 fully saturated rings. The highest BCUT2D eigenvalue weighted by molar-refractivity contribution is 7.11. The van der Waals surface area contributed by atoms with Gasteiger partial charge in [0.15, 0.2) is 6.29 Å². The molecule has 1 aromatic heterocycles. The predicted octanol–water partition coefficient (Wildman–Crippen LogP) is 0.464. The molecule has 0 aliphatic heterocycles. The van der Waals surface area contributed by atoms with Gasteiger partial charge in [-0.2, -0.15) is 0 Å². The van der Waals surface area contributed by atoms with Crippen LogP contribution in [0.3, 0.4) is 0 Å². The summed E-state index contributed by atoms with van der Waals surface area (Å²) in [5.74, 6) is 0. The van der Waals surface area contributed by atoms with Crippen molar-refractivity contribution < 1.29 is 4.79 Å². The Labute approximate surface area is 70.0 Å². The molecule has 0 bridgehead atoms. The van der Waals surface area contributed by atoms with Gasteiger partial charge >= 0.3 is 0 Å². The number of hydrogen-bond donors (Lipinski definition) is 2. The van der Waals surface area contributed by atoms with Crippen LogP contribution in [0.1, 0.15) is 9.67 Å². The van der Waals surface area contributed by atoms with Crippen molar-refractivity contribution >= 4 is 17.6 Å². The SMILES string of the molecule is NCCN.O=Cc1cccs1. The van der Waals surface area contributed by atoms with Crippen LogP contribution in [0.5, 0.6) is 0 Å². The van der Waals surface area contributed by atoms with Crippen molar-refractivity contribution in [3.8, 4) is 0 Å². The van der Waals surface area contributed by atoms with E-state index in [9.17, 15) is 4.79 Å². The maximum absolute atomic E-state index is 9.88. The fourth-order valence-electron chi connectivity index (χ4n) is 0.358. The zero-order chi connectivity index (χ0) is 8.53. The van der Waals surface area contributed by atoms with Gasteiger partial charge in [-0.15, -0.1) is 11.3 Å². The van der Waals surface area contributed by atoms with Crippen LogP contribution in [-0.4, -0.2) is 19.4 Å². The van der Waals surface area contributed by atoms with E-state index in [-0.39, 0.29) is 0 Å². The molecule has 0 aliphatic carbocycles. The molecule has 4 N–H and O–H groups in total. The highest BCUT2D eigenvalue weighted by Gasteiger charge is 1.82. The van der Waals surface area contributed by atoms with E-state index in [0.29, 0.717) is 13.1 Å². The number of hydrogen-bond acceptors (Lipinski definition) is 4. The normalized spacial score (nSPS) is 8.18. The van der Waals surface area contributed by atoms with Gasteiger partial charge in [0.2, 0.25) is 0 Å². The second-order valence-corrected chi connectivity index (χ2v) is 2.69. The number of carbonyl (C=O) groups excluding carboxylic acids is 1. The molecule has 1 aromatic rings. The van der Waals surface area contributed by atoms with Gasteiger partial charge in [-0.25, -0.2) is 0 Å². The van der Waals surface area contributed by atoms with Crippen LogP contribution in [0, 0.1) is 0 Å². The van der Waals surface area contributed by atoms with E-state index in [0.717, 1.165) is 11.2 Å². The molecule has 1 heterocycles. The summed E-state index contributed by atoms with van der Waals surface area (Å²) in [6.07, 6.45) is 0.852. The summed E-state index contributed by atoms with van der Waals surface area (Å²) < 4.78 is 0. The quantitative estimate of drug-likeness (QED) is 0.637. The van der Waals surface area contributed by atoms with E-state index in [1.165, 1.54) is 11.3 Å². The first-order valence-corrected chi connectivity index (χ1v) is 4.12. The van der Waals surface area contributed by atoms with Gasteiger partial charge in [0, 0.05) is 13.1 Å². The summed E-state index contributed by atoms with van der Waals surface area (Å²) in [6.45, 7) is 1.19. The third-order valence-corrected chi connectivity index (χ3v) is 1.62. The molecule has 3 nitrogen and oxygen atoms in total. The molecule has 0 saturated carbocycles. The van der Waals surface area contributed by atoms with Gasteiger partial charge in [-0.05, 0) is 11.4 Å². The molecular weight excluding hydrogens is 160 g/mol. The zero-order valence-corrected chi connectivity index (χ0v) is 7.01. The van der Waals surface area contributed by atoms with Crippen LogP contribution in [0.15, 0.2) is 17.5 Å². The molecule has 11 heavy (non-hydrogen) atoms. The highest BCUT2D eigenvalue weighted by Crippen LogP contribution is 2.03. The van der Waals surface area contributed by atoms with Crippen LogP contribution >= 0.6 is 11.3 Å². The summed E-state index contributed by atoms with van der Waals surface area (Å²) in [5.41, 5.74) is 9.81. The van der Waals surface area contributed by atoms with E-state index in [1.807, 2.05) is 11.4 Å². The molecule has 0 radical (unpaired) electrons. The minimum Gasteiger partial charge on any atom is -0.329 e. The summed E-state index contributed by atoms with van der Waals surface area (Å²) in [7, 11) is 0. The highest BCUT2D eigenvalue weighted by atomic mass is 32.1. The molecule has 62 valence electrons. The summed E-state index contributed by atoms with van der Waals surface area (Å²) in [6, 6.07) is 3.64. The second kappa shape index (κ2) is 7.40. The van der Waals surface area contributed by atoms with Gasteiger partial charge in [-0.1, -0.05) is 6.07 Å². The lowest BCUT2D eigenvalue weighted by atomic mass is 10.5. The van der Waals surface area contributed by atoms with E-state index >= 15 is 0 Å². The standard InChI is InChI=1S/C5H4OS.C2H8N2/c6-4-5-2-1-3-7-5;3-1-2-4/h1-4H;1-4H2. The first-order valence-electron chi connectivity index (χ1n) is 3.24. The fraction of sp³-hybridized carbons (Fsp3) is 0.286. The van der Waals surface area contributed by atoms with E-state index < -0.39 is 0 Å². The monoisotopic (exact) mass is 172 g/mol. The van der Waals surface area contributed by atoms with Crippen molar-refractivity contribution in [2.45, 2.75) is 0 Å². The molecule has 0 atom stereocenters. The van der Waals surface area contributed by atoms with Crippen molar-refractivity contribution in [1.82, 2.24) is 0 Å². The minimum absolute atomic E-state index is 0.597. The van der Waals surface area contributed by atoms with Crippen molar-refractivity contribution in [1.29, 1.82) is 0 Å². The van der Waals surface area contributed by atoms with E-state index in [2.05, 4.69) is 0 Å². The molecule has 4 heteroatoms. The molecular formula is C7H12N2OS. The number of aldehydes is 1. The summed E-state index contributed by atoms with van der Waals surface area (Å²) >= 11 is 1.45. The lowest BCUT2D eigenvalue weighted by molar-refractivity contribution is 0.112. The van der Waals surface area contributed by atoms with E-state index in [1.54, 1.807) is 6.07 Å². The maximum atomic E-state index is 9.88. The number of rotatable bonds is 2. The summed E-state index contributed by atoms with van der Waals surface area (Å²) in [4.78, 5) is 10.7. The Morgan fingerprint density at radius 3 is 2.27 bits per heavy atom. The zero-order valence-electron chi connectivity index (χ0n) is 6.19. The molecule has 0 unspecified atom stereocenters. The topological polar surface area (TPSA) is 69.1 Å². The fourth-order valence-corrected chi connectivity index (χ4v) is 0.885. The van der Waals surface area contributed by atoms with Gasteiger partial charge in [0.05, 0.1) is 4.88 Å². The molecule has 0 amide bonds. The smallest absolute Gasteiger partial charge is 0.159 e. The predicted molar refractivity (Wildman–Crippen MR) is 47.8 cm³/mol.